The van der Waals surface area contributed by atoms with Crippen molar-refractivity contribution >= 4 is 29.1 Å². The Morgan fingerprint density at radius 1 is 1.21 bits per heavy atom. The van der Waals surface area contributed by atoms with E-state index in [9.17, 15) is 4.79 Å². The minimum absolute atomic E-state index is 0.0334. The van der Waals surface area contributed by atoms with Gasteiger partial charge >= 0.3 is 0 Å². The van der Waals surface area contributed by atoms with E-state index in [1.807, 2.05) is 23.6 Å². The third kappa shape index (κ3) is 3.74. The molecule has 3 rings (SSSR count). The highest BCUT2D eigenvalue weighted by Gasteiger charge is 2.24. The van der Waals surface area contributed by atoms with E-state index in [-0.39, 0.29) is 5.91 Å². The molecule has 1 aliphatic heterocycles. The summed E-state index contributed by atoms with van der Waals surface area (Å²) in [6.45, 7) is 5.95. The molecule has 1 amide bonds. The Labute approximate surface area is 151 Å². The first-order valence-corrected chi connectivity index (χ1v) is 8.65. The third-order valence-electron chi connectivity index (χ3n) is 4.33. The first-order valence-electron chi connectivity index (χ1n) is 7.90. The number of carbonyl (C=O) groups is 1. The van der Waals surface area contributed by atoms with Gasteiger partial charge < -0.3 is 4.90 Å². The van der Waals surface area contributed by atoms with Gasteiger partial charge in [0.2, 0.25) is 0 Å². The number of piperazine rings is 1. The predicted molar refractivity (Wildman–Crippen MR) is 95.6 cm³/mol. The number of halogens is 2. The van der Waals surface area contributed by atoms with Crippen molar-refractivity contribution in [2.24, 2.45) is 7.05 Å². The van der Waals surface area contributed by atoms with E-state index in [1.165, 1.54) is 5.56 Å². The van der Waals surface area contributed by atoms with E-state index in [1.54, 1.807) is 18.2 Å². The molecule has 0 spiro atoms. The maximum atomic E-state index is 12.6. The van der Waals surface area contributed by atoms with Crippen LogP contribution in [0.25, 0.3) is 0 Å². The van der Waals surface area contributed by atoms with Gasteiger partial charge in [0.1, 0.15) is 0 Å². The van der Waals surface area contributed by atoms with Crippen LogP contribution in [-0.2, 0) is 13.6 Å². The highest BCUT2D eigenvalue weighted by atomic mass is 35.5. The van der Waals surface area contributed by atoms with E-state index in [4.69, 9.17) is 23.2 Å². The Kier molecular flexibility index (Phi) is 5.13. The van der Waals surface area contributed by atoms with Crippen LogP contribution in [0, 0.1) is 6.92 Å². The van der Waals surface area contributed by atoms with Crippen LogP contribution < -0.4 is 0 Å². The molecule has 2 aromatic rings. The van der Waals surface area contributed by atoms with Crippen molar-refractivity contribution < 1.29 is 4.79 Å². The van der Waals surface area contributed by atoms with Gasteiger partial charge in [-0.15, -0.1) is 0 Å². The molecule has 24 heavy (non-hydrogen) atoms. The molecule has 1 aliphatic rings. The Morgan fingerprint density at radius 3 is 2.50 bits per heavy atom. The van der Waals surface area contributed by atoms with Gasteiger partial charge in [0.15, 0.2) is 0 Å². The summed E-state index contributed by atoms with van der Waals surface area (Å²) in [6.07, 6.45) is 2.06. The van der Waals surface area contributed by atoms with Crippen LogP contribution in [0.1, 0.15) is 21.6 Å². The molecule has 1 fully saturated rings. The fraction of sp³-hybridized carbons (Fsp3) is 0.412. The van der Waals surface area contributed by atoms with Crippen molar-refractivity contribution in [2.75, 3.05) is 26.2 Å². The molecule has 1 saturated heterocycles. The monoisotopic (exact) mass is 366 g/mol. The van der Waals surface area contributed by atoms with Gasteiger partial charge in [-0.3, -0.25) is 14.4 Å². The summed E-state index contributed by atoms with van der Waals surface area (Å²) < 4.78 is 1.84. The maximum Gasteiger partial charge on any atom is 0.255 e. The Morgan fingerprint density at radius 2 is 1.92 bits per heavy atom. The highest BCUT2D eigenvalue weighted by Crippen LogP contribution is 2.23. The summed E-state index contributed by atoms with van der Waals surface area (Å²) in [5.41, 5.74) is 2.81. The number of rotatable bonds is 3. The maximum absolute atomic E-state index is 12.6. The molecule has 0 atom stereocenters. The zero-order chi connectivity index (χ0) is 17.3. The van der Waals surface area contributed by atoms with Crippen molar-refractivity contribution in [1.29, 1.82) is 0 Å². The molecule has 1 aromatic heterocycles. The van der Waals surface area contributed by atoms with Gasteiger partial charge in [0.05, 0.1) is 16.3 Å². The molecule has 7 heteroatoms. The summed E-state index contributed by atoms with van der Waals surface area (Å²) in [6, 6.07) is 5.00. The first kappa shape index (κ1) is 17.3. The number of aromatic nitrogens is 2. The summed E-state index contributed by atoms with van der Waals surface area (Å²) in [7, 11) is 1.93. The zero-order valence-electron chi connectivity index (χ0n) is 13.8. The summed E-state index contributed by atoms with van der Waals surface area (Å²) >= 11 is 12.0. The van der Waals surface area contributed by atoms with E-state index >= 15 is 0 Å². The molecule has 0 bridgehead atoms. The van der Waals surface area contributed by atoms with Crippen molar-refractivity contribution in [1.82, 2.24) is 19.6 Å². The number of carbonyl (C=O) groups excluding carboxylic acids is 1. The van der Waals surface area contributed by atoms with Gasteiger partial charge in [-0.25, -0.2) is 0 Å². The Hall–Kier alpha value is -1.56. The number of aryl methyl sites for hydroxylation is 2. The number of amides is 1. The lowest BCUT2D eigenvalue weighted by molar-refractivity contribution is 0.0628. The molecule has 0 unspecified atom stereocenters. The average molecular weight is 367 g/mol. The fourth-order valence-corrected chi connectivity index (χ4v) is 3.48. The van der Waals surface area contributed by atoms with Gasteiger partial charge in [-0.2, -0.15) is 5.10 Å². The lowest BCUT2D eigenvalue weighted by Gasteiger charge is -2.34. The van der Waals surface area contributed by atoms with Crippen LogP contribution in [0.4, 0.5) is 0 Å². The third-order valence-corrected chi connectivity index (χ3v) is 4.88. The topological polar surface area (TPSA) is 41.4 Å². The number of nitrogens with zero attached hydrogens (tertiary/aromatic N) is 4. The second-order valence-electron chi connectivity index (χ2n) is 6.11. The largest absolute Gasteiger partial charge is 0.336 e. The average Bonchev–Trinajstić information content (AvgIpc) is 2.85. The van der Waals surface area contributed by atoms with Gasteiger partial charge in [-0.1, -0.05) is 23.2 Å². The van der Waals surface area contributed by atoms with Crippen LogP contribution in [0.3, 0.4) is 0 Å². The normalized spacial score (nSPS) is 15.8. The van der Waals surface area contributed by atoms with Crippen molar-refractivity contribution in [3.63, 3.8) is 0 Å². The van der Waals surface area contributed by atoms with E-state index in [0.717, 1.165) is 25.3 Å². The SMILES string of the molecule is Cc1nn(C)cc1CN1CCN(C(=O)c2ccc(Cl)cc2Cl)CC1. The van der Waals surface area contributed by atoms with Crippen LogP contribution >= 0.6 is 23.2 Å². The second kappa shape index (κ2) is 7.13. The molecule has 0 saturated carbocycles. The van der Waals surface area contributed by atoms with E-state index in [0.29, 0.717) is 28.7 Å². The summed E-state index contributed by atoms with van der Waals surface area (Å²) in [5, 5.41) is 5.32. The van der Waals surface area contributed by atoms with Crippen molar-refractivity contribution in [2.45, 2.75) is 13.5 Å². The van der Waals surface area contributed by atoms with Crippen LogP contribution in [-0.4, -0.2) is 51.7 Å². The molecular weight excluding hydrogens is 347 g/mol. The highest BCUT2D eigenvalue weighted by molar-refractivity contribution is 6.36. The minimum Gasteiger partial charge on any atom is -0.336 e. The van der Waals surface area contributed by atoms with Gasteiger partial charge in [0, 0.05) is 56.6 Å². The predicted octanol–water partition coefficient (Wildman–Crippen LogP) is 2.99. The van der Waals surface area contributed by atoms with Gasteiger partial charge in [0.25, 0.3) is 5.91 Å². The number of hydrogen-bond acceptors (Lipinski definition) is 3. The summed E-state index contributed by atoms with van der Waals surface area (Å²) in [4.78, 5) is 16.8. The lowest BCUT2D eigenvalue weighted by atomic mass is 10.1. The summed E-state index contributed by atoms with van der Waals surface area (Å²) in [5.74, 6) is -0.0334. The van der Waals surface area contributed by atoms with Crippen molar-refractivity contribution in [3.8, 4) is 0 Å². The standard InChI is InChI=1S/C17H20Cl2N4O/c1-12-13(10-21(2)20-12)11-22-5-7-23(8-6-22)17(24)15-4-3-14(18)9-16(15)19/h3-4,9-10H,5-8,11H2,1-2H3. The molecule has 1 aromatic carbocycles. The molecule has 5 nitrogen and oxygen atoms in total. The second-order valence-corrected chi connectivity index (χ2v) is 6.95. The van der Waals surface area contributed by atoms with Crippen LogP contribution in [0.15, 0.2) is 24.4 Å². The van der Waals surface area contributed by atoms with E-state index < -0.39 is 0 Å². The van der Waals surface area contributed by atoms with E-state index in [2.05, 4.69) is 16.2 Å². The minimum atomic E-state index is -0.0334. The lowest BCUT2D eigenvalue weighted by Crippen LogP contribution is -2.48. The molecule has 2 heterocycles. The molecule has 0 aliphatic carbocycles. The fourth-order valence-electron chi connectivity index (χ4n) is 2.99. The number of hydrogen-bond donors (Lipinski definition) is 0. The number of benzene rings is 1. The zero-order valence-corrected chi connectivity index (χ0v) is 15.3. The smallest absolute Gasteiger partial charge is 0.255 e. The van der Waals surface area contributed by atoms with Gasteiger partial charge in [-0.05, 0) is 25.1 Å². The van der Waals surface area contributed by atoms with Crippen molar-refractivity contribution in [3.05, 3.63) is 51.3 Å². The quantitative estimate of drug-likeness (QED) is 0.838. The van der Waals surface area contributed by atoms with Crippen LogP contribution in [0.2, 0.25) is 10.0 Å². The Bertz CT molecular complexity index is 751. The molecule has 0 radical (unpaired) electrons. The first-order chi connectivity index (χ1) is 11.4. The molecular formula is C17H20Cl2N4O. The molecule has 128 valence electrons. The molecule has 0 N–H and O–H groups in total. The van der Waals surface area contributed by atoms with Crippen LogP contribution in [0.5, 0.6) is 0 Å². The Balaban J connectivity index is 1.60.